The van der Waals surface area contributed by atoms with Crippen molar-refractivity contribution in [2.75, 3.05) is 25.1 Å². The topological polar surface area (TPSA) is 63.2 Å². The molecule has 1 unspecified atom stereocenters. The highest BCUT2D eigenvalue weighted by molar-refractivity contribution is 5.91. The van der Waals surface area contributed by atoms with Gasteiger partial charge in [-0.1, -0.05) is 12.1 Å². The molecular weight excluding hydrogens is 361 g/mol. The fourth-order valence-electron chi connectivity index (χ4n) is 2.63. The van der Waals surface area contributed by atoms with Gasteiger partial charge in [-0.25, -0.2) is 0 Å². The maximum atomic E-state index is 12.0. The van der Waals surface area contributed by atoms with E-state index in [1.807, 2.05) is 36.4 Å². The number of hydrogen-bond donors (Lipinski definition) is 2. The summed E-state index contributed by atoms with van der Waals surface area (Å²) in [5.74, 6) is 0.00915. The third-order valence-electron chi connectivity index (χ3n) is 3.83. The van der Waals surface area contributed by atoms with Crippen LogP contribution in [0.2, 0.25) is 0 Å². The van der Waals surface area contributed by atoms with E-state index in [0.717, 1.165) is 25.3 Å². The molecule has 1 amide bonds. The van der Waals surface area contributed by atoms with Crippen LogP contribution in [-0.2, 0) is 16.0 Å². The van der Waals surface area contributed by atoms with Crippen molar-refractivity contribution in [2.45, 2.75) is 18.9 Å². The number of halogens is 2. The van der Waals surface area contributed by atoms with Gasteiger partial charge in [-0.3, -0.25) is 9.78 Å². The van der Waals surface area contributed by atoms with Crippen molar-refractivity contribution in [1.29, 1.82) is 0 Å². The van der Waals surface area contributed by atoms with Crippen molar-refractivity contribution in [1.82, 2.24) is 10.3 Å². The van der Waals surface area contributed by atoms with Crippen molar-refractivity contribution in [2.24, 2.45) is 0 Å². The van der Waals surface area contributed by atoms with E-state index in [0.29, 0.717) is 13.0 Å². The average Bonchev–Trinajstić information content (AvgIpc) is 2.58. The molecule has 1 fully saturated rings. The molecule has 136 valence electrons. The fraction of sp³-hybridized carbons (Fsp3) is 0.333. The van der Waals surface area contributed by atoms with E-state index in [-0.39, 0.29) is 36.8 Å². The van der Waals surface area contributed by atoms with Crippen molar-refractivity contribution < 1.29 is 9.53 Å². The van der Waals surface area contributed by atoms with Crippen LogP contribution in [0.25, 0.3) is 0 Å². The van der Waals surface area contributed by atoms with Crippen LogP contribution in [0.4, 0.5) is 5.69 Å². The summed E-state index contributed by atoms with van der Waals surface area (Å²) < 4.78 is 5.36. The highest BCUT2D eigenvalue weighted by Gasteiger charge is 2.16. The SMILES string of the molecule is Cl.Cl.O=C(CC1COCCN1)Nc1ccc(Cc2ccncc2)cc1. The van der Waals surface area contributed by atoms with Crippen molar-refractivity contribution in [3.8, 4) is 0 Å². The number of rotatable bonds is 5. The molecule has 25 heavy (non-hydrogen) atoms. The lowest BCUT2D eigenvalue weighted by molar-refractivity contribution is -0.117. The summed E-state index contributed by atoms with van der Waals surface area (Å²) in [6, 6.07) is 12.1. The van der Waals surface area contributed by atoms with Gasteiger partial charge in [-0.15, -0.1) is 24.8 Å². The number of hydrogen-bond acceptors (Lipinski definition) is 4. The average molecular weight is 384 g/mol. The normalized spacial score (nSPS) is 16.2. The molecule has 1 aromatic carbocycles. The maximum Gasteiger partial charge on any atom is 0.226 e. The Balaban J connectivity index is 0.00000156. The van der Waals surface area contributed by atoms with Crippen LogP contribution in [0.15, 0.2) is 48.8 Å². The zero-order valence-corrected chi connectivity index (χ0v) is 15.4. The van der Waals surface area contributed by atoms with Gasteiger partial charge in [0, 0.05) is 37.1 Å². The van der Waals surface area contributed by atoms with E-state index in [1.165, 1.54) is 11.1 Å². The zero-order chi connectivity index (χ0) is 15.9. The largest absolute Gasteiger partial charge is 0.378 e. The Morgan fingerprint density at radius 1 is 1.12 bits per heavy atom. The van der Waals surface area contributed by atoms with Gasteiger partial charge in [0.25, 0.3) is 0 Å². The minimum absolute atomic E-state index is 0. The highest BCUT2D eigenvalue weighted by Crippen LogP contribution is 2.14. The van der Waals surface area contributed by atoms with Crippen LogP contribution in [0.1, 0.15) is 17.5 Å². The van der Waals surface area contributed by atoms with E-state index >= 15 is 0 Å². The van der Waals surface area contributed by atoms with E-state index in [1.54, 1.807) is 12.4 Å². The molecule has 3 rings (SSSR count). The fourth-order valence-corrected chi connectivity index (χ4v) is 2.63. The Kier molecular flexibility index (Phi) is 9.45. The van der Waals surface area contributed by atoms with Crippen LogP contribution in [-0.4, -0.2) is 36.7 Å². The van der Waals surface area contributed by atoms with Gasteiger partial charge >= 0.3 is 0 Å². The molecular formula is C18H23Cl2N3O2. The van der Waals surface area contributed by atoms with Gasteiger partial charge < -0.3 is 15.4 Å². The molecule has 2 aromatic rings. The number of anilines is 1. The molecule has 0 aliphatic carbocycles. The van der Waals surface area contributed by atoms with Gasteiger partial charge in [-0.2, -0.15) is 0 Å². The Morgan fingerprint density at radius 2 is 1.80 bits per heavy atom. The van der Waals surface area contributed by atoms with Crippen LogP contribution in [0, 0.1) is 0 Å². The quantitative estimate of drug-likeness (QED) is 0.832. The van der Waals surface area contributed by atoms with Crippen LogP contribution < -0.4 is 10.6 Å². The molecule has 1 aromatic heterocycles. The first-order valence-corrected chi connectivity index (χ1v) is 7.88. The first-order chi connectivity index (χ1) is 11.3. The molecule has 2 heterocycles. The second-order valence-corrected chi connectivity index (χ2v) is 5.71. The molecule has 1 aliphatic heterocycles. The van der Waals surface area contributed by atoms with Crippen LogP contribution in [0.3, 0.4) is 0 Å². The number of nitrogens with zero attached hydrogens (tertiary/aromatic N) is 1. The second kappa shape index (κ2) is 11.1. The molecule has 0 bridgehead atoms. The Bertz CT molecular complexity index is 633. The number of carbonyl (C=O) groups excluding carboxylic acids is 1. The van der Waals surface area contributed by atoms with Crippen LogP contribution in [0.5, 0.6) is 0 Å². The number of pyridine rings is 1. The maximum absolute atomic E-state index is 12.0. The second-order valence-electron chi connectivity index (χ2n) is 5.71. The molecule has 1 atom stereocenters. The Morgan fingerprint density at radius 3 is 2.44 bits per heavy atom. The minimum Gasteiger partial charge on any atom is -0.378 e. The third-order valence-corrected chi connectivity index (χ3v) is 3.83. The monoisotopic (exact) mass is 383 g/mol. The van der Waals surface area contributed by atoms with E-state index in [9.17, 15) is 4.79 Å². The summed E-state index contributed by atoms with van der Waals surface area (Å²) in [6.45, 7) is 2.12. The number of ether oxygens (including phenoxy) is 1. The summed E-state index contributed by atoms with van der Waals surface area (Å²) in [5, 5.41) is 6.22. The molecule has 5 nitrogen and oxygen atoms in total. The molecule has 1 aliphatic rings. The highest BCUT2D eigenvalue weighted by atomic mass is 35.5. The first-order valence-electron chi connectivity index (χ1n) is 7.88. The molecule has 1 saturated heterocycles. The molecule has 0 radical (unpaired) electrons. The Hall–Kier alpha value is -1.66. The number of benzene rings is 1. The lowest BCUT2D eigenvalue weighted by Crippen LogP contribution is -2.43. The van der Waals surface area contributed by atoms with Crippen LogP contribution >= 0.6 is 24.8 Å². The third kappa shape index (κ3) is 7.00. The Labute approximate surface area is 160 Å². The molecule has 2 N–H and O–H groups in total. The first kappa shape index (κ1) is 21.4. The standard InChI is InChI=1S/C18H21N3O2.2ClH/c22-18(12-17-13-23-10-9-20-17)21-16-3-1-14(2-4-16)11-15-5-7-19-8-6-15;;/h1-8,17,20H,9-13H2,(H,21,22);2*1H. The predicted molar refractivity (Wildman–Crippen MR) is 104 cm³/mol. The van der Waals surface area contributed by atoms with Gasteiger partial charge in [0.2, 0.25) is 5.91 Å². The summed E-state index contributed by atoms with van der Waals surface area (Å²) in [5.41, 5.74) is 3.25. The van der Waals surface area contributed by atoms with Crippen molar-refractivity contribution in [3.63, 3.8) is 0 Å². The van der Waals surface area contributed by atoms with E-state index in [2.05, 4.69) is 15.6 Å². The number of morpholine rings is 1. The number of nitrogens with one attached hydrogen (secondary N) is 2. The van der Waals surface area contributed by atoms with Gasteiger partial charge in [0.1, 0.15) is 0 Å². The van der Waals surface area contributed by atoms with E-state index < -0.39 is 0 Å². The summed E-state index contributed by atoms with van der Waals surface area (Å²) >= 11 is 0. The molecule has 7 heteroatoms. The zero-order valence-electron chi connectivity index (χ0n) is 13.8. The van der Waals surface area contributed by atoms with Gasteiger partial charge in [0.15, 0.2) is 0 Å². The molecule has 0 saturated carbocycles. The summed E-state index contributed by atoms with van der Waals surface area (Å²) in [7, 11) is 0. The van der Waals surface area contributed by atoms with Crippen molar-refractivity contribution >= 4 is 36.4 Å². The van der Waals surface area contributed by atoms with Gasteiger partial charge in [-0.05, 0) is 41.8 Å². The summed E-state index contributed by atoms with van der Waals surface area (Å²) in [6.07, 6.45) is 4.89. The smallest absolute Gasteiger partial charge is 0.226 e. The molecule has 0 spiro atoms. The predicted octanol–water partition coefficient (Wildman–Crippen LogP) is 2.83. The minimum atomic E-state index is 0. The van der Waals surface area contributed by atoms with Gasteiger partial charge in [0.05, 0.1) is 13.2 Å². The number of carbonyl (C=O) groups is 1. The van der Waals surface area contributed by atoms with E-state index in [4.69, 9.17) is 4.74 Å². The lowest BCUT2D eigenvalue weighted by Gasteiger charge is -2.23. The number of amides is 1. The van der Waals surface area contributed by atoms with Crippen molar-refractivity contribution in [3.05, 3.63) is 59.9 Å². The lowest BCUT2D eigenvalue weighted by atomic mass is 10.1. The summed E-state index contributed by atoms with van der Waals surface area (Å²) in [4.78, 5) is 16.1. The number of aromatic nitrogens is 1.